The summed E-state index contributed by atoms with van der Waals surface area (Å²) in [4.78, 5) is 28.3. The molecule has 5 rings (SSSR count). The molecule has 1 aromatic heterocycles. The van der Waals surface area contributed by atoms with Gasteiger partial charge in [0.25, 0.3) is 5.91 Å². The highest BCUT2D eigenvalue weighted by atomic mass is 16.5. The van der Waals surface area contributed by atoms with Crippen molar-refractivity contribution in [3.05, 3.63) is 137 Å². The van der Waals surface area contributed by atoms with E-state index in [1.165, 1.54) is 0 Å². The number of nitrogens with zero attached hydrogens (tertiary/aromatic N) is 1. The van der Waals surface area contributed by atoms with Crippen LogP contribution in [0.25, 0.3) is 0 Å². The number of carbonyl (C=O) groups excluding carboxylic acids is 2. The number of amides is 1. The number of furan rings is 1. The maximum atomic E-state index is 13.5. The van der Waals surface area contributed by atoms with E-state index in [0.29, 0.717) is 36.6 Å². The second kappa shape index (κ2) is 10.6. The molecule has 0 bridgehead atoms. The SMILES string of the molecule is Cc1ccc(C(=O)C2=C(O)C(=O)N(CCc3ccccc3)C2c2cccc(OCc3ccccc3)c2)o1. The van der Waals surface area contributed by atoms with Crippen molar-refractivity contribution in [3.63, 3.8) is 0 Å². The zero-order valence-corrected chi connectivity index (χ0v) is 20.5. The summed E-state index contributed by atoms with van der Waals surface area (Å²) in [6.45, 7) is 2.44. The first-order chi connectivity index (χ1) is 18.0. The van der Waals surface area contributed by atoms with Gasteiger partial charge in [-0.2, -0.15) is 0 Å². The van der Waals surface area contributed by atoms with E-state index in [4.69, 9.17) is 9.15 Å². The highest BCUT2D eigenvalue weighted by Gasteiger charge is 2.44. The van der Waals surface area contributed by atoms with Gasteiger partial charge >= 0.3 is 0 Å². The lowest BCUT2D eigenvalue weighted by molar-refractivity contribution is -0.129. The molecule has 6 nitrogen and oxygen atoms in total. The smallest absolute Gasteiger partial charge is 0.290 e. The van der Waals surface area contributed by atoms with Crippen LogP contribution in [0, 0.1) is 6.92 Å². The Labute approximate surface area is 215 Å². The van der Waals surface area contributed by atoms with Crippen LogP contribution in [0.1, 0.15) is 39.0 Å². The molecule has 37 heavy (non-hydrogen) atoms. The minimum absolute atomic E-state index is 0.00706. The number of ketones is 1. The Balaban J connectivity index is 1.48. The average Bonchev–Trinajstić information content (AvgIpc) is 3.48. The van der Waals surface area contributed by atoms with Gasteiger partial charge in [0.2, 0.25) is 5.78 Å². The van der Waals surface area contributed by atoms with Crippen molar-refractivity contribution in [2.75, 3.05) is 6.54 Å². The molecule has 2 heterocycles. The fourth-order valence-electron chi connectivity index (χ4n) is 4.56. The number of carbonyl (C=O) groups is 2. The first kappa shape index (κ1) is 24.1. The summed E-state index contributed by atoms with van der Waals surface area (Å²) in [5.74, 6) is -0.388. The molecule has 0 saturated carbocycles. The molecule has 1 atom stereocenters. The third-order valence-electron chi connectivity index (χ3n) is 6.42. The van der Waals surface area contributed by atoms with Crippen molar-refractivity contribution in [2.24, 2.45) is 0 Å². The van der Waals surface area contributed by atoms with Gasteiger partial charge in [0.15, 0.2) is 11.5 Å². The van der Waals surface area contributed by atoms with Crippen LogP contribution in [0.4, 0.5) is 0 Å². The van der Waals surface area contributed by atoms with E-state index in [1.54, 1.807) is 24.0 Å². The largest absolute Gasteiger partial charge is 0.503 e. The Bertz CT molecular complexity index is 1440. The molecule has 3 aromatic carbocycles. The third-order valence-corrected chi connectivity index (χ3v) is 6.42. The zero-order chi connectivity index (χ0) is 25.8. The molecule has 0 saturated heterocycles. The molecule has 1 aliphatic heterocycles. The molecular weight excluding hydrogens is 466 g/mol. The predicted molar refractivity (Wildman–Crippen MR) is 139 cm³/mol. The second-order valence-corrected chi connectivity index (χ2v) is 8.99. The standard InChI is InChI=1S/C31H27NO5/c1-21-15-16-26(37-21)29(33)27-28(32(31(35)30(27)34)18-17-22-9-4-2-5-10-22)24-13-8-14-25(19-24)36-20-23-11-6-3-7-12-23/h2-16,19,28,34H,17-18,20H2,1H3. The number of hydrogen-bond acceptors (Lipinski definition) is 5. The fraction of sp³-hybridized carbons (Fsp3) is 0.161. The van der Waals surface area contributed by atoms with Gasteiger partial charge in [-0.25, -0.2) is 0 Å². The molecule has 1 amide bonds. The lowest BCUT2D eigenvalue weighted by Gasteiger charge is -2.27. The quantitative estimate of drug-likeness (QED) is 0.290. The number of rotatable bonds is 9. The third kappa shape index (κ3) is 5.19. The summed E-state index contributed by atoms with van der Waals surface area (Å²) in [5, 5.41) is 10.9. The molecule has 4 aromatic rings. The molecule has 1 aliphatic rings. The molecule has 1 unspecified atom stereocenters. The van der Waals surface area contributed by atoms with Crippen LogP contribution in [0.3, 0.4) is 0 Å². The summed E-state index contributed by atoms with van der Waals surface area (Å²) < 4.78 is 11.6. The fourth-order valence-corrected chi connectivity index (χ4v) is 4.56. The summed E-state index contributed by atoms with van der Waals surface area (Å²) in [6.07, 6.45) is 0.571. The van der Waals surface area contributed by atoms with E-state index >= 15 is 0 Å². The maximum Gasteiger partial charge on any atom is 0.290 e. The molecule has 0 spiro atoms. The topological polar surface area (TPSA) is 80.0 Å². The Kier molecular flexibility index (Phi) is 6.90. The van der Waals surface area contributed by atoms with Crippen LogP contribution in [-0.4, -0.2) is 28.2 Å². The van der Waals surface area contributed by atoms with Gasteiger partial charge < -0.3 is 19.2 Å². The minimum Gasteiger partial charge on any atom is -0.503 e. The van der Waals surface area contributed by atoms with Crippen LogP contribution in [0.2, 0.25) is 0 Å². The van der Waals surface area contributed by atoms with Crippen molar-refractivity contribution in [3.8, 4) is 5.75 Å². The summed E-state index contributed by atoms with van der Waals surface area (Å²) in [7, 11) is 0. The number of aryl methyl sites for hydroxylation is 1. The van der Waals surface area contributed by atoms with Crippen LogP contribution in [-0.2, 0) is 17.8 Å². The number of ether oxygens (including phenoxy) is 1. The zero-order valence-electron chi connectivity index (χ0n) is 20.5. The van der Waals surface area contributed by atoms with Crippen LogP contribution in [0.15, 0.2) is 113 Å². The summed E-state index contributed by atoms with van der Waals surface area (Å²) in [6, 6.07) is 29.4. The van der Waals surface area contributed by atoms with Gasteiger partial charge in [-0.1, -0.05) is 72.8 Å². The maximum absolute atomic E-state index is 13.5. The average molecular weight is 494 g/mol. The molecule has 1 N–H and O–H groups in total. The molecule has 0 aliphatic carbocycles. The molecule has 0 fully saturated rings. The minimum atomic E-state index is -0.783. The Morgan fingerprint density at radius 1 is 0.919 bits per heavy atom. The summed E-state index contributed by atoms with van der Waals surface area (Å²) >= 11 is 0. The van der Waals surface area contributed by atoms with Gasteiger partial charge in [0.05, 0.1) is 11.6 Å². The first-order valence-electron chi connectivity index (χ1n) is 12.2. The van der Waals surface area contributed by atoms with E-state index < -0.39 is 23.5 Å². The molecular formula is C31H27NO5. The second-order valence-electron chi connectivity index (χ2n) is 8.99. The van der Waals surface area contributed by atoms with Gasteiger partial charge in [0, 0.05) is 6.54 Å². The van der Waals surface area contributed by atoms with Crippen molar-refractivity contribution in [2.45, 2.75) is 26.0 Å². The van der Waals surface area contributed by atoms with Crippen LogP contribution in [0.5, 0.6) is 5.75 Å². The Hall–Kier alpha value is -4.58. The van der Waals surface area contributed by atoms with E-state index in [2.05, 4.69) is 0 Å². The number of aliphatic hydroxyl groups is 1. The Morgan fingerprint density at radius 2 is 1.62 bits per heavy atom. The molecule has 186 valence electrons. The van der Waals surface area contributed by atoms with E-state index in [1.807, 2.05) is 84.9 Å². The Morgan fingerprint density at radius 3 is 2.30 bits per heavy atom. The van der Waals surface area contributed by atoms with Crippen molar-refractivity contribution < 1.29 is 23.8 Å². The van der Waals surface area contributed by atoms with Gasteiger partial charge in [-0.05, 0) is 54.3 Å². The highest BCUT2D eigenvalue weighted by molar-refractivity contribution is 6.15. The van der Waals surface area contributed by atoms with Crippen LogP contribution < -0.4 is 4.74 Å². The summed E-state index contributed by atoms with van der Waals surface area (Å²) in [5.41, 5.74) is 2.75. The number of benzene rings is 3. The number of aliphatic hydroxyl groups excluding tert-OH is 1. The molecule has 0 radical (unpaired) electrons. The van der Waals surface area contributed by atoms with Crippen molar-refractivity contribution >= 4 is 11.7 Å². The lowest BCUT2D eigenvalue weighted by atomic mass is 9.94. The van der Waals surface area contributed by atoms with Gasteiger partial charge in [0.1, 0.15) is 18.1 Å². The van der Waals surface area contributed by atoms with Crippen molar-refractivity contribution in [1.29, 1.82) is 0 Å². The van der Waals surface area contributed by atoms with E-state index in [0.717, 1.165) is 11.1 Å². The predicted octanol–water partition coefficient (Wildman–Crippen LogP) is 5.99. The van der Waals surface area contributed by atoms with E-state index in [-0.39, 0.29) is 11.3 Å². The highest BCUT2D eigenvalue weighted by Crippen LogP contribution is 2.40. The normalized spacial score (nSPS) is 15.3. The molecule has 6 heteroatoms. The van der Waals surface area contributed by atoms with E-state index in [9.17, 15) is 14.7 Å². The number of hydrogen-bond donors (Lipinski definition) is 1. The van der Waals surface area contributed by atoms with Gasteiger partial charge in [-0.15, -0.1) is 0 Å². The first-order valence-corrected chi connectivity index (χ1v) is 12.2. The monoisotopic (exact) mass is 493 g/mol. The number of Topliss-reactive ketones (excluding diaryl/α,β-unsaturated/α-hetero) is 1. The van der Waals surface area contributed by atoms with Crippen LogP contribution >= 0.6 is 0 Å². The van der Waals surface area contributed by atoms with Gasteiger partial charge in [-0.3, -0.25) is 9.59 Å². The lowest BCUT2D eigenvalue weighted by Crippen LogP contribution is -2.33. The van der Waals surface area contributed by atoms with Crippen molar-refractivity contribution in [1.82, 2.24) is 4.90 Å².